The largest absolute Gasteiger partial charge is 0.493 e. The molecule has 2 rings (SSSR count). The van der Waals surface area contributed by atoms with Gasteiger partial charge in [-0.3, -0.25) is 4.79 Å². The van der Waals surface area contributed by atoms with Crippen molar-refractivity contribution in [2.75, 3.05) is 20.8 Å². The number of carbonyl (C=O) groups excluding carboxylic acids is 1. The van der Waals surface area contributed by atoms with Crippen LogP contribution in [0.15, 0.2) is 40.9 Å². The van der Waals surface area contributed by atoms with Crippen LogP contribution in [0.3, 0.4) is 0 Å². The number of hydrogen-bond donors (Lipinski definition) is 0. The molecule has 0 heterocycles. The molecule has 0 aromatic heterocycles. The van der Waals surface area contributed by atoms with Crippen molar-refractivity contribution in [3.05, 3.63) is 51.5 Å². The van der Waals surface area contributed by atoms with Crippen LogP contribution >= 0.6 is 27.5 Å². The van der Waals surface area contributed by atoms with Gasteiger partial charge in [0.2, 0.25) is 0 Å². The zero-order valence-corrected chi connectivity index (χ0v) is 18.1. The number of methoxy groups -OCH3 is 2. The van der Waals surface area contributed by atoms with Crippen LogP contribution in [-0.4, -0.2) is 37.7 Å². The van der Waals surface area contributed by atoms with Gasteiger partial charge in [-0.05, 0) is 65.7 Å². The van der Waals surface area contributed by atoms with Crippen LogP contribution in [0.4, 0.5) is 0 Å². The molecule has 0 aliphatic rings. The predicted octanol–water partition coefficient (Wildman–Crippen LogP) is 4.94. The van der Waals surface area contributed by atoms with Crippen molar-refractivity contribution in [3.8, 4) is 17.2 Å². The molecule has 7 heteroatoms. The first-order valence-corrected chi connectivity index (χ1v) is 9.68. The number of rotatable bonds is 8. The van der Waals surface area contributed by atoms with Gasteiger partial charge in [0.05, 0.1) is 18.7 Å². The molecule has 0 radical (unpaired) electrons. The Hall–Kier alpha value is -1.92. The van der Waals surface area contributed by atoms with E-state index in [1.165, 1.54) is 0 Å². The van der Waals surface area contributed by atoms with Gasteiger partial charge in [0.1, 0.15) is 5.75 Å². The lowest BCUT2D eigenvalue weighted by Gasteiger charge is -2.25. The summed E-state index contributed by atoms with van der Waals surface area (Å²) < 4.78 is 17.1. The summed E-state index contributed by atoms with van der Waals surface area (Å²) in [4.78, 5) is 14.6. The van der Waals surface area contributed by atoms with Crippen LogP contribution in [-0.2, 0) is 11.3 Å². The summed E-state index contributed by atoms with van der Waals surface area (Å²) in [5.74, 6) is 1.75. The van der Waals surface area contributed by atoms with Crippen LogP contribution in [0.25, 0.3) is 0 Å². The number of benzene rings is 2. The van der Waals surface area contributed by atoms with E-state index in [-0.39, 0.29) is 5.91 Å². The standard InChI is InChI=1S/C20H23BrClNO4/c1-5-23(12-14-6-8-18(25-3)19(10-14)26-4)20(24)13(2)27-17-9-7-15(22)11-16(17)21/h6-11,13H,5,12H2,1-4H3. The van der Waals surface area contributed by atoms with Crippen LogP contribution < -0.4 is 14.2 Å². The van der Waals surface area contributed by atoms with Gasteiger partial charge in [0.15, 0.2) is 17.6 Å². The maximum absolute atomic E-state index is 12.8. The van der Waals surface area contributed by atoms with E-state index in [0.717, 1.165) is 5.56 Å². The van der Waals surface area contributed by atoms with Crippen molar-refractivity contribution in [2.24, 2.45) is 0 Å². The number of hydrogen-bond acceptors (Lipinski definition) is 4. The van der Waals surface area contributed by atoms with E-state index in [9.17, 15) is 4.79 Å². The molecule has 0 bridgehead atoms. The third-order valence-corrected chi connectivity index (χ3v) is 4.92. The van der Waals surface area contributed by atoms with Crippen LogP contribution in [0.5, 0.6) is 17.2 Å². The number of halogens is 2. The average molecular weight is 457 g/mol. The maximum Gasteiger partial charge on any atom is 0.263 e. The minimum absolute atomic E-state index is 0.103. The summed E-state index contributed by atoms with van der Waals surface area (Å²) in [6.45, 7) is 4.68. The van der Waals surface area contributed by atoms with Gasteiger partial charge in [0, 0.05) is 18.1 Å². The molecule has 2 aromatic carbocycles. The third-order valence-electron chi connectivity index (χ3n) is 4.06. The molecule has 0 aliphatic carbocycles. The first-order chi connectivity index (χ1) is 12.9. The summed E-state index contributed by atoms with van der Waals surface area (Å²) >= 11 is 9.35. The molecular weight excluding hydrogens is 434 g/mol. The van der Waals surface area contributed by atoms with Crippen LogP contribution in [0.1, 0.15) is 19.4 Å². The third kappa shape index (κ3) is 5.53. The lowest BCUT2D eigenvalue weighted by Crippen LogP contribution is -2.40. The first-order valence-electron chi connectivity index (χ1n) is 8.51. The minimum atomic E-state index is -0.637. The highest BCUT2D eigenvalue weighted by Crippen LogP contribution is 2.30. The Kier molecular flexibility index (Phi) is 7.80. The van der Waals surface area contributed by atoms with E-state index in [2.05, 4.69) is 15.9 Å². The molecule has 27 heavy (non-hydrogen) atoms. The number of ether oxygens (including phenoxy) is 3. The summed E-state index contributed by atoms with van der Waals surface area (Å²) in [5, 5.41) is 0.594. The topological polar surface area (TPSA) is 48.0 Å². The van der Waals surface area contributed by atoms with E-state index in [1.807, 2.05) is 25.1 Å². The van der Waals surface area contributed by atoms with Crippen molar-refractivity contribution in [1.29, 1.82) is 0 Å². The van der Waals surface area contributed by atoms with E-state index in [1.54, 1.807) is 44.2 Å². The molecule has 0 N–H and O–H groups in total. The fourth-order valence-corrected chi connectivity index (χ4v) is 3.39. The fraction of sp³-hybridized carbons (Fsp3) is 0.350. The zero-order chi connectivity index (χ0) is 20.0. The highest BCUT2D eigenvalue weighted by Gasteiger charge is 2.22. The molecule has 5 nitrogen and oxygen atoms in total. The number of carbonyl (C=O) groups is 1. The first kappa shape index (κ1) is 21.4. The molecule has 146 valence electrons. The van der Waals surface area contributed by atoms with Crippen molar-refractivity contribution in [2.45, 2.75) is 26.5 Å². The van der Waals surface area contributed by atoms with Crippen molar-refractivity contribution in [3.63, 3.8) is 0 Å². The minimum Gasteiger partial charge on any atom is -0.493 e. The molecule has 0 saturated heterocycles. The quantitative estimate of drug-likeness (QED) is 0.565. The summed E-state index contributed by atoms with van der Waals surface area (Å²) in [6, 6.07) is 10.8. The number of amides is 1. The monoisotopic (exact) mass is 455 g/mol. The van der Waals surface area contributed by atoms with Gasteiger partial charge in [-0.25, -0.2) is 0 Å². The highest BCUT2D eigenvalue weighted by molar-refractivity contribution is 9.10. The Morgan fingerprint density at radius 1 is 1.11 bits per heavy atom. The van der Waals surface area contributed by atoms with Crippen molar-refractivity contribution in [1.82, 2.24) is 4.90 Å². The van der Waals surface area contributed by atoms with Gasteiger partial charge in [-0.2, -0.15) is 0 Å². The number of likely N-dealkylation sites (N-methyl/N-ethyl adjacent to an activating group) is 1. The van der Waals surface area contributed by atoms with Gasteiger partial charge in [0.25, 0.3) is 5.91 Å². The van der Waals surface area contributed by atoms with Crippen LogP contribution in [0.2, 0.25) is 5.02 Å². The molecule has 1 atom stereocenters. The van der Waals surface area contributed by atoms with Gasteiger partial charge in [-0.15, -0.1) is 0 Å². The Bertz CT molecular complexity index is 800. The molecule has 1 amide bonds. The lowest BCUT2D eigenvalue weighted by molar-refractivity contribution is -0.138. The SMILES string of the molecule is CCN(Cc1ccc(OC)c(OC)c1)C(=O)C(C)Oc1ccc(Cl)cc1Br. The second kappa shape index (κ2) is 9.85. The van der Waals surface area contributed by atoms with Crippen LogP contribution in [0, 0.1) is 0 Å². The fourth-order valence-electron chi connectivity index (χ4n) is 2.61. The lowest BCUT2D eigenvalue weighted by atomic mass is 10.1. The molecular formula is C20H23BrClNO4. The Morgan fingerprint density at radius 2 is 1.78 bits per heavy atom. The van der Waals surface area contributed by atoms with E-state index in [4.69, 9.17) is 25.8 Å². The van der Waals surface area contributed by atoms with Gasteiger partial charge < -0.3 is 19.1 Å². The molecule has 0 saturated carbocycles. The number of nitrogens with zero attached hydrogens (tertiary/aromatic N) is 1. The summed E-state index contributed by atoms with van der Waals surface area (Å²) in [7, 11) is 3.18. The van der Waals surface area contributed by atoms with E-state index < -0.39 is 6.10 Å². The normalized spacial score (nSPS) is 11.6. The molecule has 0 aliphatic heterocycles. The van der Waals surface area contributed by atoms with E-state index in [0.29, 0.717) is 39.8 Å². The van der Waals surface area contributed by atoms with Gasteiger partial charge in [-0.1, -0.05) is 17.7 Å². The molecule has 0 fully saturated rings. The molecule has 2 aromatic rings. The maximum atomic E-state index is 12.8. The Labute approximate surface area is 173 Å². The zero-order valence-electron chi connectivity index (χ0n) is 15.8. The molecule has 0 spiro atoms. The van der Waals surface area contributed by atoms with E-state index >= 15 is 0 Å². The van der Waals surface area contributed by atoms with Crippen molar-refractivity contribution >= 4 is 33.4 Å². The summed E-state index contributed by atoms with van der Waals surface area (Å²) in [5.41, 5.74) is 0.947. The van der Waals surface area contributed by atoms with Gasteiger partial charge >= 0.3 is 0 Å². The smallest absolute Gasteiger partial charge is 0.263 e. The Morgan fingerprint density at radius 3 is 2.37 bits per heavy atom. The second-order valence-electron chi connectivity index (χ2n) is 5.88. The van der Waals surface area contributed by atoms with Crippen molar-refractivity contribution < 1.29 is 19.0 Å². The predicted molar refractivity (Wildman–Crippen MR) is 110 cm³/mol. The second-order valence-corrected chi connectivity index (χ2v) is 7.17. The molecule has 1 unspecified atom stereocenters. The highest BCUT2D eigenvalue weighted by atomic mass is 79.9. The Balaban J connectivity index is 2.10. The summed E-state index contributed by atoms with van der Waals surface area (Å²) in [6.07, 6.45) is -0.637. The average Bonchev–Trinajstić information content (AvgIpc) is 2.67.